The molecular weight excluding hydrogens is 394 g/mol. The number of nitrogens with zero attached hydrogens (tertiary/aromatic N) is 4. The van der Waals surface area contributed by atoms with E-state index in [9.17, 15) is 17.2 Å². The van der Waals surface area contributed by atoms with Gasteiger partial charge in [-0.05, 0) is 30.3 Å². The summed E-state index contributed by atoms with van der Waals surface area (Å²) < 4.78 is 64.0. The third-order valence-electron chi connectivity index (χ3n) is 4.17. The van der Waals surface area contributed by atoms with Crippen LogP contribution in [0.5, 0.6) is 0 Å². The Morgan fingerprint density at radius 1 is 1.14 bits per heavy atom. The molecule has 1 aromatic carbocycles. The van der Waals surface area contributed by atoms with E-state index in [0.29, 0.717) is 11.8 Å². The molecule has 1 fully saturated rings. The molecule has 0 radical (unpaired) electrons. The summed E-state index contributed by atoms with van der Waals surface area (Å²) in [6, 6.07) is 7.67. The topological polar surface area (TPSA) is 98.4 Å². The third kappa shape index (κ3) is 3.51. The SMILES string of the molecule is O=S(=O)(c1ccc(F)c(F)c1)N1CCO[C@@H](c2nc(-c3ccccn3)no2)C1. The Balaban J connectivity index is 1.56. The Labute approximate surface area is 158 Å². The van der Waals surface area contributed by atoms with E-state index in [2.05, 4.69) is 15.1 Å². The molecule has 1 aliphatic heterocycles. The molecule has 4 rings (SSSR count). The Kier molecular flexibility index (Phi) is 4.87. The summed E-state index contributed by atoms with van der Waals surface area (Å²) in [4.78, 5) is 8.00. The highest BCUT2D eigenvalue weighted by Gasteiger charge is 2.34. The number of aromatic nitrogens is 3. The van der Waals surface area contributed by atoms with Gasteiger partial charge in [-0.25, -0.2) is 17.2 Å². The largest absolute Gasteiger partial charge is 0.366 e. The minimum absolute atomic E-state index is 0.0546. The van der Waals surface area contributed by atoms with E-state index >= 15 is 0 Å². The highest BCUT2D eigenvalue weighted by atomic mass is 32.2. The van der Waals surface area contributed by atoms with Crippen molar-refractivity contribution in [2.24, 2.45) is 0 Å². The van der Waals surface area contributed by atoms with E-state index < -0.39 is 27.8 Å². The maximum Gasteiger partial charge on any atom is 0.257 e. The molecule has 146 valence electrons. The van der Waals surface area contributed by atoms with Crippen LogP contribution in [0.3, 0.4) is 0 Å². The summed E-state index contributed by atoms with van der Waals surface area (Å²) in [5, 5.41) is 3.84. The number of halogens is 2. The van der Waals surface area contributed by atoms with E-state index in [4.69, 9.17) is 9.26 Å². The monoisotopic (exact) mass is 408 g/mol. The molecule has 0 N–H and O–H groups in total. The molecule has 0 spiro atoms. The first-order valence-corrected chi connectivity index (χ1v) is 9.71. The summed E-state index contributed by atoms with van der Waals surface area (Å²) in [5.41, 5.74) is 0.500. The van der Waals surface area contributed by atoms with Gasteiger partial charge in [0.1, 0.15) is 5.69 Å². The number of morpholine rings is 1. The van der Waals surface area contributed by atoms with Gasteiger partial charge in [-0.15, -0.1) is 0 Å². The van der Waals surface area contributed by atoms with Gasteiger partial charge in [-0.3, -0.25) is 4.98 Å². The van der Waals surface area contributed by atoms with Crippen molar-refractivity contribution in [2.45, 2.75) is 11.0 Å². The molecule has 1 atom stereocenters. The minimum Gasteiger partial charge on any atom is -0.366 e. The summed E-state index contributed by atoms with van der Waals surface area (Å²) in [7, 11) is -4.04. The Hall–Kier alpha value is -2.76. The highest BCUT2D eigenvalue weighted by molar-refractivity contribution is 7.89. The summed E-state index contributed by atoms with van der Waals surface area (Å²) in [5.74, 6) is -2.00. The van der Waals surface area contributed by atoms with Gasteiger partial charge in [0.05, 0.1) is 11.5 Å². The fraction of sp³-hybridized carbons (Fsp3) is 0.235. The van der Waals surface area contributed by atoms with Gasteiger partial charge in [-0.1, -0.05) is 11.2 Å². The van der Waals surface area contributed by atoms with Crippen molar-refractivity contribution < 1.29 is 26.5 Å². The lowest BCUT2D eigenvalue weighted by molar-refractivity contribution is -0.0199. The molecule has 1 aliphatic rings. The molecule has 1 saturated heterocycles. The quantitative estimate of drug-likeness (QED) is 0.652. The minimum atomic E-state index is -4.04. The number of sulfonamides is 1. The fourth-order valence-corrected chi connectivity index (χ4v) is 4.18. The molecule has 28 heavy (non-hydrogen) atoms. The van der Waals surface area contributed by atoms with Crippen LogP contribution in [0.15, 0.2) is 52.0 Å². The van der Waals surface area contributed by atoms with E-state index in [-0.39, 0.29) is 36.3 Å². The number of ether oxygens (including phenoxy) is 1. The number of hydrogen-bond donors (Lipinski definition) is 0. The second kappa shape index (κ2) is 7.34. The molecule has 8 nitrogen and oxygen atoms in total. The van der Waals surface area contributed by atoms with Crippen molar-refractivity contribution in [1.82, 2.24) is 19.4 Å². The summed E-state index contributed by atoms with van der Waals surface area (Å²) >= 11 is 0. The van der Waals surface area contributed by atoms with Crippen LogP contribution in [0.25, 0.3) is 11.5 Å². The van der Waals surface area contributed by atoms with Crippen LogP contribution < -0.4 is 0 Å². The first-order valence-electron chi connectivity index (χ1n) is 8.27. The van der Waals surface area contributed by atoms with Gasteiger partial charge in [-0.2, -0.15) is 9.29 Å². The average molecular weight is 408 g/mol. The molecule has 0 saturated carbocycles. The number of hydrogen-bond acceptors (Lipinski definition) is 7. The third-order valence-corrected chi connectivity index (χ3v) is 6.03. The summed E-state index contributed by atoms with van der Waals surface area (Å²) in [6.45, 7) is 0.0269. The van der Waals surface area contributed by atoms with Crippen LogP contribution in [0, 0.1) is 11.6 Å². The maximum atomic E-state index is 13.5. The van der Waals surface area contributed by atoms with Gasteiger partial charge >= 0.3 is 0 Å². The highest BCUT2D eigenvalue weighted by Crippen LogP contribution is 2.27. The zero-order chi connectivity index (χ0) is 19.7. The lowest BCUT2D eigenvalue weighted by Crippen LogP contribution is -2.42. The number of benzene rings is 1. The van der Waals surface area contributed by atoms with Crippen molar-refractivity contribution in [3.63, 3.8) is 0 Å². The normalized spacial score (nSPS) is 18.3. The predicted molar refractivity (Wildman–Crippen MR) is 91.3 cm³/mol. The van der Waals surface area contributed by atoms with Crippen LogP contribution in [0.1, 0.15) is 12.0 Å². The van der Waals surface area contributed by atoms with Crippen molar-refractivity contribution in [2.75, 3.05) is 19.7 Å². The zero-order valence-electron chi connectivity index (χ0n) is 14.3. The molecule has 0 unspecified atom stereocenters. The molecule has 0 bridgehead atoms. The first kappa shape index (κ1) is 18.6. The first-order chi connectivity index (χ1) is 13.4. The second-order valence-electron chi connectivity index (χ2n) is 5.97. The zero-order valence-corrected chi connectivity index (χ0v) is 15.1. The van der Waals surface area contributed by atoms with Gasteiger partial charge in [0.25, 0.3) is 5.89 Å². The van der Waals surface area contributed by atoms with Crippen LogP contribution in [-0.4, -0.2) is 47.5 Å². The lowest BCUT2D eigenvalue weighted by atomic mass is 10.3. The predicted octanol–water partition coefficient (Wildman–Crippen LogP) is 2.17. The fourth-order valence-electron chi connectivity index (χ4n) is 2.74. The standard InChI is InChI=1S/C17H14F2N4O4S/c18-12-5-4-11(9-13(12)19)28(24,25)23-7-8-26-15(10-23)17-21-16(22-27-17)14-3-1-2-6-20-14/h1-6,9,15H,7-8,10H2/t15-/m1/s1. The number of pyridine rings is 1. The van der Waals surface area contributed by atoms with E-state index in [1.165, 1.54) is 0 Å². The molecule has 11 heteroatoms. The molecule has 3 heterocycles. The average Bonchev–Trinajstić information content (AvgIpc) is 3.21. The molecule has 0 amide bonds. The summed E-state index contributed by atoms with van der Waals surface area (Å²) in [6.07, 6.45) is 0.789. The molecular formula is C17H14F2N4O4S. The van der Waals surface area contributed by atoms with E-state index in [0.717, 1.165) is 16.4 Å². The van der Waals surface area contributed by atoms with Crippen LogP contribution in [0.4, 0.5) is 8.78 Å². The Bertz CT molecular complexity index is 1090. The lowest BCUT2D eigenvalue weighted by Gasteiger charge is -2.30. The Morgan fingerprint density at radius 3 is 2.75 bits per heavy atom. The van der Waals surface area contributed by atoms with Crippen molar-refractivity contribution in [3.05, 3.63) is 60.1 Å². The maximum absolute atomic E-state index is 13.5. The van der Waals surface area contributed by atoms with Gasteiger partial charge in [0.15, 0.2) is 17.7 Å². The van der Waals surface area contributed by atoms with Gasteiger partial charge in [0, 0.05) is 19.3 Å². The van der Waals surface area contributed by atoms with E-state index in [1.54, 1.807) is 24.4 Å². The number of rotatable bonds is 4. The second-order valence-corrected chi connectivity index (χ2v) is 7.91. The van der Waals surface area contributed by atoms with Gasteiger partial charge < -0.3 is 9.26 Å². The van der Waals surface area contributed by atoms with Gasteiger partial charge in [0.2, 0.25) is 15.8 Å². The van der Waals surface area contributed by atoms with E-state index in [1.807, 2.05) is 0 Å². The van der Waals surface area contributed by atoms with Crippen LogP contribution >= 0.6 is 0 Å². The Morgan fingerprint density at radius 2 is 2.00 bits per heavy atom. The smallest absolute Gasteiger partial charge is 0.257 e. The molecule has 3 aromatic rings. The van der Waals surface area contributed by atoms with Crippen LogP contribution in [-0.2, 0) is 14.8 Å². The van der Waals surface area contributed by atoms with Crippen LogP contribution in [0.2, 0.25) is 0 Å². The van der Waals surface area contributed by atoms with Crippen molar-refractivity contribution in [3.8, 4) is 11.5 Å². The molecule has 2 aromatic heterocycles. The van der Waals surface area contributed by atoms with Crippen molar-refractivity contribution >= 4 is 10.0 Å². The van der Waals surface area contributed by atoms with Crippen molar-refractivity contribution in [1.29, 1.82) is 0 Å². The molecule has 0 aliphatic carbocycles.